The largest absolute Gasteiger partial charge is 0.455 e. The van der Waals surface area contributed by atoms with Crippen LogP contribution in [0.5, 0.6) is 0 Å². The van der Waals surface area contributed by atoms with Crippen LogP contribution in [0.1, 0.15) is 65.0 Å². The van der Waals surface area contributed by atoms with E-state index in [1.165, 1.54) is 10.8 Å². The number of allylic oxidation sites excluding steroid dienone is 2. The zero-order valence-corrected chi connectivity index (χ0v) is 29.7. The smallest absolute Gasteiger partial charge is 0.306 e. The molecule has 12 heteroatoms. The maximum absolute atomic E-state index is 13.5. The number of carbonyl (C=O) groups is 2. The SMILES string of the molecule is CC(C)(C)[Si](OC[C@H]1O[C@@](C#N)(c2ccc3c(N)ncnn23)[C@@H]2OC(=O)CCC/C=C\CCCC(=O)O[C@@H]21)(c1ccccc1)c1ccccc1. The van der Waals surface area contributed by atoms with E-state index in [-0.39, 0.29) is 36.0 Å². The van der Waals surface area contributed by atoms with Gasteiger partial charge in [0.1, 0.15) is 24.0 Å². The zero-order valence-electron chi connectivity index (χ0n) is 28.7. The molecule has 0 aliphatic carbocycles. The summed E-state index contributed by atoms with van der Waals surface area (Å²) in [6, 6.07) is 25.9. The molecule has 4 heterocycles. The lowest BCUT2D eigenvalue weighted by Gasteiger charge is -2.43. The van der Waals surface area contributed by atoms with Gasteiger partial charge < -0.3 is 24.4 Å². The Bertz CT molecular complexity index is 1850. The molecule has 2 aromatic carbocycles. The van der Waals surface area contributed by atoms with Gasteiger partial charge >= 0.3 is 11.9 Å². The number of esters is 2. The second kappa shape index (κ2) is 14.6. The van der Waals surface area contributed by atoms with E-state index < -0.39 is 44.2 Å². The molecule has 2 aromatic heterocycles. The third-order valence-electron chi connectivity index (χ3n) is 9.51. The molecule has 2 aliphatic rings. The highest BCUT2D eigenvalue weighted by Crippen LogP contribution is 2.45. The Morgan fingerprint density at radius 3 is 2.12 bits per heavy atom. The molecule has 11 nitrogen and oxygen atoms in total. The van der Waals surface area contributed by atoms with Crippen LogP contribution in [-0.4, -0.2) is 59.8 Å². The molecule has 2 N–H and O–H groups in total. The Kier molecular flexibility index (Phi) is 10.2. The van der Waals surface area contributed by atoms with Crippen molar-refractivity contribution in [3.63, 3.8) is 0 Å². The number of nitriles is 1. The lowest BCUT2D eigenvalue weighted by molar-refractivity contribution is -0.169. The van der Waals surface area contributed by atoms with Gasteiger partial charge in [0.15, 0.2) is 18.0 Å². The number of ether oxygens (including phenoxy) is 3. The van der Waals surface area contributed by atoms with Crippen molar-refractivity contribution < 1.29 is 28.2 Å². The predicted molar refractivity (Wildman–Crippen MR) is 190 cm³/mol. The Morgan fingerprint density at radius 2 is 1.54 bits per heavy atom. The van der Waals surface area contributed by atoms with Crippen LogP contribution in [0.15, 0.2) is 91.3 Å². The fraction of sp³-hybridized carbons (Fsp3) is 0.395. The molecular formula is C38H43N5O6Si. The molecule has 50 heavy (non-hydrogen) atoms. The molecule has 0 spiro atoms. The minimum Gasteiger partial charge on any atom is -0.455 e. The van der Waals surface area contributed by atoms with Crippen LogP contribution >= 0.6 is 0 Å². The van der Waals surface area contributed by atoms with Gasteiger partial charge in [-0.05, 0) is 53.2 Å². The van der Waals surface area contributed by atoms with Crippen molar-refractivity contribution in [1.29, 1.82) is 5.26 Å². The first-order chi connectivity index (χ1) is 24.1. The van der Waals surface area contributed by atoms with E-state index in [1.807, 2.05) is 48.6 Å². The summed E-state index contributed by atoms with van der Waals surface area (Å²) < 4.78 is 27.8. The van der Waals surface area contributed by atoms with E-state index in [0.717, 1.165) is 10.4 Å². The highest BCUT2D eigenvalue weighted by Gasteiger charge is 2.63. The summed E-state index contributed by atoms with van der Waals surface area (Å²) in [6.07, 6.45) is 4.54. The van der Waals surface area contributed by atoms with Crippen LogP contribution in [0.3, 0.4) is 0 Å². The van der Waals surface area contributed by atoms with E-state index >= 15 is 0 Å². The van der Waals surface area contributed by atoms with Gasteiger partial charge in [-0.25, -0.2) is 9.50 Å². The summed E-state index contributed by atoms with van der Waals surface area (Å²) in [4.78, 5) is 31.0. The van der Waals surface area contributed by atoms with Crippen LogP contribution in [0.4, 0.5) is 5.82 Å². The molecule has 1 fully saturated rings. The maximum atomic E-state index is 13.5. The molecule has 4 aromatic rings. The highest BCUT2D eigenvalue weighted by molar-refractivity contribution is 6.99. The normalized spacial score (nSPS) is 24.4. The van der Waals surface area contributed by atoms with Crippen molar-refractivity contribution in [2.24, 2.45) is 0 Å². The first-order valence-electron chi connectivity index (χ1n) is 17.1. The molecule has 0 amide bonds. The molecule has 2 aliphatic heterocycles. The van der Waals surface area contributed by atoms with Crippen molar-refractivity contribution in [1.82, 2.24) is 14.6 Å². The second-order valence-electron chi connectivity index (χ2n) is 13.8. The minimum absolute atomic E-state index is 0.0636. The fourth-order valence-electron chi connectivity index (χ4n) is 7.15. The van der Waals surface area contributed by atoms with Crippen molar-refractivity contribution in [2.75, 3.05) is 12.3 Å². The Labute approximate surface area is 293 Å². The Morgan fingerprint density at radius 1 is 0.940 bits per heavy atom. The van der Waals surface area contributed by atoms with Gasteiger partial charge in [-0.2, -0.15) is 10.4 Å². The predicted octanol–water partition coefficient (Wildman–Crippen LogP) is 4.74. The minimum atomic E-state index is -3.11. The first kappa shape index (κ1) is 35.0. The second-order valence-corrected chi connectivity index (χ2v) is 18.1. The Balaban J connectivity index is 1.48. The standard InChI is InChI=1S/C38H43N5O6Si/c1-37(2,3)50(27-16-10-8-11-17-27,28-18-12-9-13-19-28)46-24-30-34-35(48-33(45)21-15-7-5-4-6-14-20-32(44)47-34)38(25-39,49-30)31-23-22-29-36(40)41-26-42-43(29)31/h4-5,8-13,16-19,22-23,26,30,34-35H,6-7,14-15,20-21,24H2,1-3H3,(H2,40,41,42)/b5-4-/t30-,34-,35-,38+/m1/s1. The van der Waals surface area contributed by atoms with E-state index in [4.69, 9.17) is 24.4 Å². The van der Waals surface area contributed by atoms with E-state index in [0.29, 0.717) is 31.2 Å². The topological polar surface area (TPSA) is 151 Å². The third kappa shape index (κ3) is 6.56. The van der Waals surface area contributed by atoms with E-state index in [9.17, 15) is 14.9 Å². The molecule has 0 unspecified atom stereocenters. The van der Waals surface area contributed by atoms with Gasteiger partial charge in [0.05, 0.1) is 12.3 Å². The Hall–Kier alpha value is -4.83. The fourth-order valence-corrected chi connectivity index (χ4v) is 11.7. The maximum Gasteiger partial charge on any atom is 0.306 e. The average Bonchev–Trinajstić information content (AvgIpc) is 3.67. The number of aromatic nitrogens is 3. The molecule has 6 rings (SSSR count). The zero-order chi connectivity index (χ0) is 35.4. The number of hydrogen-bond acceptors (Lipinski definition) is 10. The summed E-state index contributed by atoms with van der Waals surface area (Å²) in [5, 5.41) is 17.2. The summed E-state index contributed by atoms with van der Waals surface area (Å²) in [6.45, 7) is 6.41. The number of nitrogens with two attached hydrogens (primary N) is 1. The summed E-state index contributed by atoms with van der Waals surface area (Å²) in [5.74, 6) is -0.822. The van der Waals surface area contributed by atoms with Crippen molar-refractivity contribution in [3.8, 4) is 6.07 Å². The monoisotopic (exact) mass is 693 g/mol. The van der Waals surface area contributed by atoms with Gasteiger partial charge in [-0.15, -0.1) is 0 Å². The van der Waals surface area contributed by atoms with Crippen LogP contribution in [0.25, 0.3) is 5.52 Å². The summed E-state index contributed by atoms with van der Waals surface area (Å²) >= 11 is 0. The molecule has 0 bridgehead atoms. The van der Waals surface area contributed by atoms with Gasteiger partial charge in [-0.3, -0.25) is 9.59 Å². The van der Waals surface area contributed by atoms with Crippen LogP contribution in [0, 0.1) is 11.3 Å². The van der Waals surface area contributed by atoms with Crippen molar-refractivity contribution in [3.05, 3.63) is 97.0 Å². The number of anilines is 1. The van der Waals surface area contributed by atoms with Crippen molar-refractivity contribution >= 4 is 42.0 Å². The molecule has 1 saturated heterocycles. The summed E-state index contributed by atoms with van der Waals surface area (Å²) in [5.41, 5.74) is 4.94. The molecule has 0 radical (unpaired) electrons. The highest BCUT2D eigenvalue weighted by atomic mass is 28.4. The van der Waals surface area contributed by atoms with E-state index in [2.05, 4.69) is 61.2 Å². The number of benzene rings is 2. The summed E-state index contributed by atoms with van der Waals surface area (Å²) in [7, 11) is -3.11. The number of hydrogen-bond donors (Lipinski definition) is 1. The number of nitrogens with zero attached hydrogens (tertiary/aromatic N) is 4. The molecule has 260 valence electrons. The number of nitrogen functional groups attached to an aromatic ring is 1. The van der Waals surface area contributed by atoms with Crippen LogP contribution in [0.2, 0.25) is 5.04 Å². The third-order valence-corrected chi connectivity index (χ3v) is 14.5. The van der Waals surface area contributed by atoms with Gasteiger partial charge in [0, 0.05) is 12.8 Å². The van der Waals surface area contributed by atoms with Gasteiger partial charge in [-0.1, -0.05) is 93.6 Å². The first-order valence-corrected chi connectivity index (χ1v) is 19.0. The molecule has 4 atom stereocenters. The lowest BCUT2D eigenvalue weighted by atomic mass is 9.92. The average molecular weight is 694 g/mol. The quantitative estimate of drug-likeness (QED) is 0.170. The van der Waals surface area contributed by atoms with Crippen LogP contribution in [-0.2, 0) is 33.8 Å². The van der Waals surface area contributed by atoms with E-state index in [1.54, 1.807) is 12.1 Å². The molecule has 0 saturated carbocycles. The number of rotatable bonds is 6. The number of carbonyl (C=O) groups excluding carboxylic acids is 2. The van der Waals surface area contributed by atoms with Crippen molar-refractivity contribution in [2.45, 2.75) is 88.2 Å². The lowest BCUT2D eigenvalue weighted by Crippen LogP contribution is -2.67. The van der Waals surface area contributed by atoms with Crippen LogP contribution < -0.4 is 16.1 Å². The number of fused-ring (bicyclic) bond motifs is 2. The van der Waals surface area contributed by atoms with Gasteiger partial charge in [0.2, 0.25) is 5.60 Å². The molecular weight excluding hydrogens is 651 g/mol. The van der Waals surface area contributed by atoms with Gasteiger partial charge in [0.25, 0.3) is 8.32 Å².